The highest BCUT2D eigenvalue weighted by atomic mass is 16.5. The van der Waals surface area contributed by atoms with Gasteiger partial charge in [-0.25, -0.2) is 0 Å². The Hall–Kier alpha value is -1.48. The SMILES string of the molecule is COCCn1ccc2cc(OC)ccc21. The van der Waals surface area contributed by atoms with Crippen LogP contribution < -0.4 is 4.74 Å². The van der Waals surface area contributed by atoms with Gasteiger partial charge in [0, 0.05) is 30.8 Å². The Balaban J connectivity index is 2.34. The second-order valence-electron chi connectivity index (χ2n) is 3.43. The number of fused-ring (bicyclic) bond motifs is 1. The maximum absolute atomic E-state index is 5.18. The van der Waals surface area contributed by atoms with E-state index in [0.29, 0.717) is 0 Å². The Labute approximate surface area is 89.2 Å². The average Bonchev–Trinajstić information content (AvgIpc) is 2.68. The fourth-order valence-corrected chi connectivity index (χ4v) is 1.69. The molecule has 0 unspecified atom stereocenters. The second kappa shape index (κ2) is 4.36. The molecule has 80 valence electrons. The summed E-state index contributed by atoms with van der Waals surface area (Å²) in [5.41, 5.74) is 1.22. The van der Waals surface area contributed by atoms with Gasteiger partial charge in [0.2, 0.25) is 0 Å². The Morgan fingerprint density at radius 1 is 1.20 bits per heavy atom. The molecule has 0 aliphatic rings. The molecule has 1 heterocycles. The monoisotopic (exact) mass is 205 g/mol. The molecular weight excluding hydrogens is 190 g/mol. The van der Waals surface area contributed by atoms with Crippen molar-refractivity contribution >= 4 is 10.9 Å². The molecule has 0 saturated heterocycles. The van der Waals surface area contributed by atoms with Gasteiger partial charge >= 0.3 is 0 Å². The second-order valence-corrected chi connectivity index (χ2v) is 3.43. The van der Waals surface area contributed by atoms with E-state index in [-0.39, 0.29) is 0 Å². The van der Waals surface area contributed by atoms with Gasteiger partial charge < -0.3 is 14.0 Å². The van der Waals surface area contributed by atoms with E-state index in [1.807, 2.05) is 12.1 Å². The number of rotatable bonds is 4. The highest BCUT2D eigenvalue weighted by Gasteiger charge is 2.01. The van der Waals surface area contributed by atoms with Crippen molar-refractivity contribution in [3.63, 3.8) is 0 Å². The van der Waals surface area contributed by atoms with Crippen LogP contribution in [0.1, 0.15) is 0 Å². The molecule has 2 aromatic rings. The van der Waals surface area contributed by atoms with Crippen LogP contribution in [0.15, 0.2) is 30.5 Å². The van der Waals surface area contributed by atoms with Gasteiger partial charge in [-0.15, -0.1) is 0 Å². The van der Waals surface area contributed by atoms with Crippen LogP contribution in [0.25, 0.3) is 10.9 Å². The van der Waals surface area contributed by atoms with Gasteiger partial charge in [-0.1, -0.05) is 0 Å². The molecule has 0 radical (unpaired) electrons. The van der Waals surface area contributed by atoms with Gasteiger partial charge in [0.1, 0.15) is 5.75 Å². The quantitative estimate of drug-likeness (QED) is 0.764. The van der Waals surface area contributed by atoms with Crippen molar-refractivity contribution in [1.82, 2.24) is 4.57 Å². The number of ether oxygens (including phenoxy) is 2. The number of benzene rings is 1. The van der Waals surface area contributed by atoms with Gasteiger partial charge in [0.15, 0.2) is 0 Å². The molecule has 3 nitrogen and oxygen atoms in total. The van der Waals surface area contributed by atoms with Crippen molar-refractivity contribution in [3.8, 4) is 5.75 Å². The summed E-state index contributed by atoms with van der Waals surface area (Å²) in [4.78, 5) is 0. The summed E-state index contributed by atoms with van der Waals surface area (Å²) in [6.45, 7) is 1.61. The summed E-state index contributed by atoms with van der Waals surface area (Å²) in [6.07, 6.45) is 2.07. The number of methoxy groups -OCH3 is 2. The highest BCUT2D eigenvalue weighted by Crippen LogP contribution is 2.21. The molecule has 0 aliphatic heterocycles. The van der Waals surface area contributed by atoms with Crippen molar-refractivity contribution in [2.24, 2.45) is 0 Å². The van der Waals surface area contributed by atoms with Crippen molar-refractivity contribution < 1.29 is 9.47 Å². The van der Waals surface area contributed by atoms with E-state index in [1.54, 1.807) is 14.2 Å². The van der Waals surface area contributed by atoms with E-state index in [9.17, 15) is 0 Å². The minimum atomic E-state index is 0.732. The van der Waals surface area contributed by atoms with Gasteiger partial charge in [-0.2, -0.15) is 0 Å². The molecular formula is C12H15NO2. The van der Waals surface area contributed by atoms with Gasteiger partial charge in [-0.3, -0.25) is 0 Å². The van der Waals surface area contributed by atoms with Crippen molar-refractivity contribution in [1.29, 1.82) is 0 Å². The normalized spacial score (nSPS) is 10.8. The first-order chi connectivity index (χ1) is 7.35. The highest BCUT2D eigenvalue weighted by molar-refractivity contribution is 5.81. The van der Waals surface area contributed by atoms with Crippen LogP contribution >= 0.6 is 0 Å². The Kier molecular flexibility index (Phi) is 2.92. The molecule has 0 fully saturated rings. The first-order valence-corrected chi connectivity index (χ1v) is 4.97. The van der Waals surface area contributed by atoms with E-state index in [4.69, 9.17) is 9.47 Å². The standard InChI is InChI=1S/C12H15NO2/c1-14-8-7-13-6-5-10-9-11(15-2)3-4-12(10)13/h3-6,9H,7-8H2,1-2H3. The predicted molar refractivity (Wildman–Crippen MR) is 60.4 cm³/mol. The molecule has 0 aliphatic carbocycles. The van der Waals surface area contributed by atoms with Crippen LogP contribution in [0.5, 0.6) is 5.75 Å². The molecule has 1 aromatic heterocycles. The zero-order valence-electron chi connectivity index (χ0n) is 9.06. The predicted octanol–water partition coefficient (Wildman–Crippen LogP) is 2.30. The summed E-state index contributed by atoms with van der Waals surface area (Å²) in [5.74, 6) is 0.895. The van der Waals surface area contributed by atoms with Crippen LogP contribution in [0.4, 0.5) is 0 Å². The summed E-state index contributed by atoms with van der Waals surface area (Å²) in [6, 6.07) is 8.18. The lowest BCUT2D eigenvalue weighted by molar-refractivity contribution is 0.188. The molecule has 0 spiro atoms. The zero-order valence-corrected chi connectivity index (χ0v) is 9.06. The molecule has 0 N–H and O–H groups in total. The fraction of sp³-hybridized carbons (Fsp3) is 0.333. The molecule has 15 heavy (non-hydrogen) atoms. The molecule has 3 heteroatoms. The van der Waals surface area contributed by atoms with E-state index in [2.05, 4.69) is 22.9 Å². The molecule has 0 saturated carbocycles. The van der Waals surface area contributed by atoms with Gasteiger partial charge in [0.25, 0.3) is 0 Å². The first kappa shape index (κ1) is 10.1. The van der Waals surface area contributed by atoms with Crippen molar-refractivity contribution in [2.75, 3.05) is 20.8 Å². The van der Waals surface area contributed by atoms with E-state index < -0.39 is 0 Å². The van der Waals surface area contributed by atoms with E-state index in [0.717, 1.165) is 18.9 Å². The first-order valence-electron chi connectivity index (χ1n) is 4.97. The Bertz CT molecular complexity index is 448. The lowest BCUT2D eigenvalue weighted by Crippen LogP contribution is -2.02. The summed E-state index contributed by atoms with van der Waals surface area (Å²) in [7, 11) is 3.40. The third-order valence-corrected chi connectivity index (χ3v) is 2.51. The Morgan fingerprint density at radius 3 is 2.80 bits per heavy atom. The van der Waals surface area contributed by atoms with Crippen LogP contribution in [-0.2, 0) is 11.3 Å². The Morgan fingerprint density at radius 2 is 2.07 bits per heavy atom. The van der Waals surface area contributed by atoms with E-state index >= 15 is 0 Å². The molecule has 0 amide bonds. The number of aromatic nitrogens is 1. The van der Waals surface area contributed by atoms with Crippen molar-refractivity contribution in [2.45, 2.75) is 6.54 Å². The summed E-state index contributed by atoms with van der Waals surface area (Å²) in [5, 5.41) is 1.20. The lowest BCUT2D eigenvalue weighted by atomic mass is 10.2. The van der Waals surface area contributed by atoms with Crippen molar-refractivity contribution in [3.05, 3.63) is 30.5 Å². The van der Waals surface area contributed by atoms with Gasteiger partial charge in [-0.05, 0) is 24.3 Å². The topological polar surface area (TPSA) is 23.4 Å². The van der Waals surface area contributed by atoms with Crippen LogP contribution in [0.2, 0.25) is 0 Å². The summed E-state index contributed by atoms with van der Waals surface area (Å²) >= 11 is 0. The molecule has 2 rings (SSSR count). The van der Waals surface area contributed by atoms with Crippen LogP contribution in [0.3, 0.4) is 0 Å². The van der Waals surface area contributed by atoms with Crippen LogP contribution in [-0.4, -0.2) is 25.4 Å². The maximum Gasteiger partial charge on any atom is 0.119 e. The largest absolute Gasteiger partial charge is 0.497 e. The molecule has 1 aromatic carbocycles. The smallest absolute Gasteiger partial charge is 0.119 e. The zero-order chi connectivity index (χ0) is 10.7. The lowest BCUT2D eigenvalue weighted by Gasteiger charge is -2.05. The fourth-order valence-electron chi connectivity index (χ4n) is 1.69. The maximum atomic E-state index is 5.18. The van der Waals surface area contributed by atoms with Crippen LogP contribution in [0, 0.1) is 0 Å². The minimum Gasteiger partial charge on any atom is -0.497 e. The average molecular weight is 205 g/mol. The number of nitrogens with zero attached hydrogens (tertiary/aromatic N) is 1. The minimum absolute atomic E-state index is 0.732. The van der Waals surface area contributed by atoms with E-state index in [1.165, 1.54) is 10.9 Å². The number of hydrogen-bond acceptors (Lipinski definition) is 2. The molecule has 0 bridgehead atoms. The molecule has 0 atom stereocenters. The third kappa shape index (κ3) is 1.97. The number of hydrogen-bond donors (Lipinski definition) is 0. The third-order valence-electron chi connectivity index (χ3n) is 2.51. The van der Waals surface area contributed by atoms with Gasteiger partial charge in [0.05, 0.1) is 13.7 Å². The summed E-state index contributed by atoms with van der Waals surface area (Å²) < 4.78 is 12.4.